The van der Waals surface area contributed by atoms with Crippen molar-refractivity contribution in [1.29, 1.82) is 0 Å². The van der Waals surface area contributed by atoms with E-state index in [1.807, 2.05) is 34.9 Å². The molecular formula is C17H15N3O. The molecule has 4 heteroatoms. The van der Waals surface area contributed by atoms with Crippen molar-refractivity contribution in [3.63, 3.8) is 0 Å². The molecule has 1 atom stereocenters. The first-order valence-corrected chi connectivity index (χ1v) is 7.19. The average Bonchev–Trinajstić information content (AvgIpc) is 3.12. The number of aromatic nitrogens is 3. The van der Waals surface area contributed by atoms with E-state index >= 15 is 0 Å². The number of fused-ring (bicyclic) bond motifs is 2. The van der Waals surface area contributed by atoms with Crippen LogP contribution in [0, 0.1) is 0 Å². The van der Waals surface area contributed by atoms with E-state index in [2.05, 4.69) is 16.0 Å². The Morgan fingerprint density at radius 1 is 1.19 bits per heavy atom. The van der Waals surface area contributed by atoms with Crippen LogP contribution in [-0.4, -0.2) is 20.3 Å². The van der Waals surface area contributed by atoms with Gasteiger partial charge in [0.25, 0.3) is 0 Å². The third-order valence-corrected chi connectivity index (χ3v) is 4.20. The molecule has 1 aromatic carbocycles. The Morgan fingerprint density at radius 3 is 3.05 bits per heavy atom. The van der Waals surface area contributed by atoms with E-state index in [1.165, 1.54) is 5.56 Å². The van der Waals surface area contributed by atoms with Gasteiger partial charge in [-0.1, -0.05) is 18.2 Å². The van der Waals surface area contributed by atoms with E-state index in [1.54, 1.807) is 12.5 Å². The maximum Gasteiger partial charge on any atom is 0.161 e. The Kier molecular flexibility index (Phi) is 2.81. The minimum atomic E-state index is -0.0673. The lowest BCUT2D eigenvalue weighted by molar-refractivity contribution is -0.121. The number of ketones is 1. The lowest BCUT2D eigenvalue weighted by Crippen LogP contribution is -2.17. The van der Waals surface area contributed by atoms with Crippen LogP contribution in [0.2, 0.25) is 0 Å². The summed E-state index contributed by atoms with van der Waals surface area (Å²) in [6, 6.07) is 11.9. The number of Topliss-reactive ketones (excluding diaryl/α,β-unsaturated/α-hetero) is 1. The minimum Gasteiger partial charge on any atom is -0.323 e. The van der Waals surface area contributed by atoms with E-state index in [4.69, 9.17) is 0 Å². The first-order chi connectivity index (χ1) is 10.3. The second-order valence-electron chi connectivity index (χ2n) is 5.47. The van der Waals surface area contributed by atoms with Crippen molar-refractivity contribution < 1.29 is 4.79 Å². The Bertz CT molecular complexity index is 822. The van der Waals surface area contributed by atoms with Gasteiger partial charge in [0.2, 0.25) is 0 Å². The van der Waals surface area contributed by atoms with Crippen molar-refractivity contribution >= 4 is 16.8 Å². The average molecular weight is 277 g/mol. The number of aryl methyl sites for hydroxylation is 1. The molecule has 21 heavy (non-hydrogen) atoms. The smallest absolute Gasteiger partial charge is 0.161 e. The van der Waals surface area contributed by atoms with Crippen molar-refractivity contribution in [2.24, 2.45) is 0 Å². The first-order valence-electron chi connectivity index (χ1n) is 7.19. The van der Waals surface area contributed by atoms with Crippen LogP contribution >= 0.6 is 0 Å². The molecule has 1 aliphatic rings. The summed E-state index contributed by atoms with van der Waals surface area (Å²) in [7, 11) is 0. The SMILES string of the molecule is O=C(Cn1cnc2ccccc21)C1CCc2cccnc21. The number of para-hydroxylation sites is 2. The molecule has 0 N–H and O–H groups in total. The predicted octanol–water partition coefficient (Wildman–Crippen LogP) is 2.73. The molecule has 104 valence electrons. The topological polar surface area (TPSA) is 47.8 Å². The zero-order chi connectivity index (χ0) is 14.2. The van der Waals surface area contributed by atoms with E-state index in [0.29, 0.717) is 6.54 Å². The van der Waals surface area contributed by atoms with Gasteiger partial charge in [-0.2, -0.15) is 0 Å². The number of benzene rings is 1. The molecule has 4 nitrogen and oxygen atoms in total. The number of carbonyl (C=O) groups is 1. The van der Waals surface area contributed by atoms with Gasteiger partial charge in [-0.25, -0.2) is 4.98 Å². The number of hydrogen-bond acceptors (Lipinski definition) is 3. The van der Waals surface area contributed by atoms with Gasteiger partial charge in [-0.15, -0.1) is 0 Å². The molecule has 0 amide bonds. The van der Waals surface area contributed by atoms with Gasteiger partial charge in [-0.05, 0) is 36.6 Å². The lowest BCUT2D eigenvalue weighted by atomic mass is 10.0. The number of rotatable bonds is 3. The molecule has 0 saturated carbocycles. The number of nitrogens with zero attached hydrogens (tertiary/aromatic N) is 3. The highest BCUT2D eigenvalue weighted by molar-refractivity contribution is 5.87. The lowest BCUT2D eigenvalue weighted by Gasteiger charge is -2.10. The van der Waals surface area contributed by atoms with E-state index in [9.17, 15) is 4.79 Å². The second-order valence-corrected chi connectivity index (χ2v) is 5.47. The van der Waals surface area contributed by atoms with Gasteiger partial charge in [0.05, 0.1) is 35.5 Å². The third kappa shape index (κ3) is 2.03. The number of carbonyl (C=O) groups excluding carboxylic acids is 1. The molecular weight excluding hydrogens is 262 g/mol. The zero-order valence-electron chi connectivity index (χ0n) is 11.6. The van der Waals surface area contributed by atoms with E-state index in [0.717, 1.165) is 29.6 Å². The van der Waals surface area contributed by atoms with Crippen LogP contribution in [0.25, 0.3) is 11.0 Å². The highest BCUT2D eigenvalue weighted by Gasteiger charge is 2.29. The van der Waals surface area contributed by atoms with Crippen molar-refractivity contribution in [1.82, 2.24) is 14.5 Å². The molecule has 2 heterocycles. The van der Waals surface area contributed by atoms with Gasteiger partial charge in [0.1, 0.15) is 0 Å². The van der Waals surface area contributed by atoms with Gasteiger partial charge in [0.15, 0.2) is 5.78 Å². The summed E-state index contributed by atoms with van der Waals surface area (Å²) in [4.78, 5) is 21.4. The van der Waals surface area contributed by atoms with Crippen molar-refractivity contribution in [3.05, 3.63) is 60.2 Å². The van der Waals surface area contributed by atoms with Gasteiger partial charge >= 0.3 is 0 Å². The molecule has 0 spiro atoms. The fourth-order valence-electron chi connectivity index (χ4n) is 3.14. The Hall–Kier alpha value is -2.49. The summed E-state index contributed by atoms with van der Waals surface area (Å²) in [5.74, 6) is 0.151. The molecule has 0 fully saturated rings. The Balaban J connectivity index is 1.62. The Morgan fingerprint density at radius 2 is 2.10 bits per heavy atom. The third-order valence-electron chi connectivity index (χ3n) is 4.20. The van der Waals surface area contributed by atoms with Crippen LogP contribution in [0.1, 0.15) is 23.6 Å². The summed E-state index contributed by atoms with van der Waals surface area (Å²) in [6.45, 7) is 0.362. The largest absolute Gasteiger partial charge is 0.323 e. The summed E-state index contributed by atoms with van der Waals surface area (Å²) >= 11 is 0. The number of hydrogen-bond donors (Lipinski definition) is 0. The maximum absolute atomic E-state index is 12.6. The highest BCUT2D eigenvalue weighted by Crippen LogP contribution is 2.32. The van der Waals surface area contributed by atoms with Gasteiger partial charge < -0.3 is 4.57 Å². The molecule has 3 aromatic rings. The van der Waals surface area contributed by atoms with Gasteiger partial charge in [0, 0.05) is 6.20 Å². The number of imidazole rings is 1. The van der Waals surface area contributed by atoms with Crippen molar-refractivity contribution in [2.75, 3.05) is 0 Å². The standard InChI is InChI=1S/C17H15N3O/c21-16(13-8-7-12-4-3-9-18-17(12)13)10-20-11-19-14-5-1-2-6-15(14)20/h1-6,9,11,13H,7-8,10H2. The fraction of sp³-hybridized carbons (Fsp3) is 0.235. The van der Waals surface area contributed by atoms with Crippen LogP contribution in [0.5, 0.6) is 0 Å². The molecule has 0 bridgehead atoms. The maximum atomic E-state index is 12.6. The summed E-state index contributed by atoms with van der Waals surface area (Å²) < 4.78 is 1.93. The van der Waals surface area contributed by atoms with Crippen LogP contribution in [0.4, 0.5) is 0 Å². The van der Waals surface area contributed by atoms with Crippen LogP contribution in [0.15, 0.2) is 48.9 Å². The monoisotopic (exact) mass is 277 g/mol. The van der Waals surface area contributed by atoms with Crippen LogP contribution < -0.4 is 0 Å². The van der Waals surface area contributed by atoms with E-state index in [-0.39, 0.29) is 11.7 Å². The van der Waals surface area contributed by atoms with Crippen molar-refractivity contribution in [2.45, 2.75) is 25.3 Å². The van der Waals surface area contributed by atoms with Gasteiger partial charge in [-0.3, -0.25) is 9.78 Å². The predicted molar refractivity (Wildman–Crippen MR) is 80.0 cm³/mol. The molecule has 0 saturated heterocycles. The normalized spacial score (nSPS) is 17.0. The van der Waals surface area contributed by atoms with Crippen LogP contribution in [-0.2, 0) is 17.8 Å². The zero-order valence-corrected chi connectivity index (χ0v) is 11.6. The summed E-state index contributed by atoms with van der Waals surface area (Å²) in [5.41, 5.74) is 4.11. The number of pyridine rings is 1. The molecule has 2 aromatic heterocycles. The summed E-state index contributed by atoms with van der Waals surface area (Å²) in [5, 5.41) is 0. The molecule has 1 aliphatic carbocycles. The highest BCUT2D eigenvalue weighted by atomic mass is 16.1. The molecule has 1 unspecified atom stereocenters. The Labute approximate surface area is 122 Å². The molecule has 0 aliphatic heterocycles. The summed E-state index contributed by atoms with van der Waals surface area (Å²) in [6.07, 6.45) is 5.34. The second kappa shape index (κ2) is 4.81. The van der Waals surface area contributed by atoms with E-state index < -0.39 is 0 Å². The fourth-order valence-corrected chi connectivity index (χ4v) is 3.14. The first kappa shape index (κ1) is 12.3. The van der Waals surface area contributed by atoms with Crippen LogP contribution in [0.3, 0.4) is 0 Å². The molecule has 4 rings (SSSR count). The quantitative estimate of drug-likeness (QED) is 0.739. The van der Waals surface area contributed by atoms with Crippen molar-refractivity contribution in [3.8, 4) is 0 Å². The minimum absolute atomic E-state index is 0.0673. The molecule has 0 radical (unpaired) electrons.